The average molecular weight is 516 g/mol. The number of piperazine rings is 1. The molecule has 0 spiro atoms. The molecule has 10 heteroatoms. The molecule has 0 atom stereocenters. The predicted octanol–water partition coefficient (Wildman–Crippen LogP) is 1.66. The van der Waals surface area contributed by atoms with Crippen LogP contribution in [0.3, 0.4) is 0 Å². The molecule has 154 valence electrons. The molecule has 1 saturated heterocycles. The van der Waals surface area contributed by atoms with Crippen molar-refractivity contribution in [1.29, 1.82) is 0 Å². The number of anilines is 1. The van der Waals surface area contributed by atoms with Gasteiger partial charge in [-0.15, -0.1) is 35.3 Å². The highest BCUT2D eigenvalue weighted by molar-refractivity contribution is 14.0. The number of nitrogens with one attached hydrogen (secondary N) is 2. The van der Waals surface area contributed by atoms with E-state index in [1.807, 2.05) is 13.0 Å². The van der Waals surface area contributed by atoms with Gasteiger partial charge in [0.15, 0.2) is 5.96 Å². The Hall–Kier alpha value is -1.53. The standard InChI is InChI=1S/C18H28N8S.HI/c1-14-15(2)27-16(24-14)13-23-17(19-3)20-7-8-25-9-11-26(12-10-25)18-21-5-4-6-22-18;/h4-6H,7-13H2,1-3H3,(H2,19,20,23);1H. The molecule has 2 N–H and O–H groups in total. The summed E-state index contributed by atoms with van der Waals surface area (Å²) in [4.78, 5) is 23.5. The van der Waals surface area contributed by atoms with Crippen LogP contribution in [-0.4, -0.2) is 72.1 Å². The first-order valence-corrected chi connectivity index (χ1v) is 10.1. The minimum atomic E-state index is 0. The van der Waals surface area contributed by atoms with Crippen LogP contribution in [0.25, 0.3) is 0 Å². The van der Waals surface area contributed by atoms with Gasteiger partial charge in [0, 0.05) is 63.6 Å². The number of hydrogen-bond donors (Lipinski definition) is 2. The van der Waals surface area contributed by atoms with E-state index < -0.39 is 0 Å². The van der Waals surface area contributed by atoms with E-state index in [0.29, 0.717) is 6.54 Å². The molecule has 1 aliphatic heterocycles. The van der Waals surface area contributed by atoms with Crippen LogP contribution >= 0.6 is 35.3 Å². The summed E-state index contributed by atoms with van der Waals surface area (Å²) in [5.41, 5.74) is 1.11. The van der Waals surface area contributed by atoms with E-state index in [1.54, 1.807) is 30.8 Å². The summed E-state index contributed by atoms with van der Waals surface area (Å²) < 4.78 is 0. The number of aromatic nitrogens is 3. The third kappa shape index (κ3) is 6.52. The van der Waals surface area contributed by atoms with Gasteiger partial charge in [-0.1, -0.05) is 0 Å². The molecule has 0 amide bonds. The highest BCUT2D eigenvalue weighted by Gasteiger charge is 2.18. The molecule has 3 heterocycles. The summed E-state index contributed by atoms with van der Waals surface area (Å²) in [6.07, 6.45) is 3.59. The molecular weight excluding hydrogens is 487 g/mol. The zero-order valence-corrected chi connectivity index (χ0v) is 19.8. The second-order valence-corrected chi connectivity index (χ2v) is 7.77. The Kier molecular flexibility index (Phi) is 9.32. The van der Waals surface area contributed by atoms with E-state index in [0.717, 1.165) is 61.9 Å². The molecule has 1 fully saturated rings. The van der Waals surface area contributed by atoms with Crippen molar-refractivity contribution in [2.45, 2.75) is 20.4 Å². The van der Waals surface area contributed by atoms with Crippen molar-refractivity contribution in [3.63, 3.8) is 0 Å². The van der Waals surface area contributed by atoms with Crippen LogP contribution in [0.4, 0.5) is 5.95 Å². The van der Waals surface area contributed by atoms with Gasteiger partial charge in [-0.3, -0.25) is 9.89 Å². The third-order valence-corrected chi connectivity index (χ3v) is 5.70. The Morgan fingerprint density at radius 3 is 2.46 bits per heavy atom. The van der Waals surface area contributed by atoms with Crippen LogP contribution in [0, 0.1) is 13.8 Å². The SMILES string of the molecule is CN=C(NCCN1CCN(c2ncccn2)CC1)NCc1nc(C)c(C)s1.I. The number of rotatable bonds is 6. The van der Waals surface area contributed by atoms with Crippen molar-refractivity contribution in [2.75, 3.05) is 51.2 Å². The van der Waals surface area contributed by atoms with Gasteiger partial charge in [0.25, 0.3) is 0 Å². The van der Waals surface area contributed by atoms with Crippen molar-refractivity contribution in [3.05, 3.63) is 34.0 Å². The van der Waals surface area contributed by atoms with Crippen molar-refractivity contribution in [1.82, 2.24) is 30.5 Å². The van der Waals surface area contributed by atoms with Gasteiger partial charge in [-0.05, 0) is 19.9 Å². The molecule has 8 nitrogen and oxygen atoms in total. The first-order chi connectivity index (χ1) is 13.2. The summed E-state index contributed by atoms with van der Waals surface area (Å²) in [6, 6.07) is 1.85. The maximum atomic E-state index is 4.55. The van der Waals surface area contributed by atoms with Gasteiger partial charge < -0.3 is 15.5 Å². The van der Waals surface area contributed by atoms with Crippen LogP contribution in [0.1, 0.15) is 15.6 Å². The Labute approximate surface area is 187 Å². The zero-order chi connectivity index (χ0) is 19.1. The molecule has 0 saturated carbocycles. The van der Waals surface area contributed by atoms with E-state index in [9.17, 15) is 0 Å². The molecule has 28 heavy (non-hydrogen) atoms. The number of nitrogens with zero attached hydrogens (tertiary/aromatic N) is 6. The lowest BCUT2D eigenvalue weighted by Gasteiger charge is -2.34. The molecule has 2 aromatic heterocycles. The number of hydrogen-bond acceptors (Lipinski definition) is 7. The summed E-state index contributed by atoms with van der Waals surface area (Å²) in [6.45, 7) is 10.7. The minimum Gasteiger partial charge on any atom is -0.355 e. The molecular formula is C18H29IN8S. The average Bonchev–Trinajstić information content (AvgIpc) is 3.03. The van der Waals surface area contributed by atoms with Gasteiger partial charge in [0.05, 0.1) is 12.2 Å². The fourth-order valence-corrected chi connectivity index (χ4v) is 3.83. The van der Waals surface area contributed by atoms with Gasteiger partial charge in [0.2, 0.25) is 5.95 Å². The number of guanidine groups is 1. The number of aliphatic imine (C=N–C) groups is 1. The van der Waals surface area contributed by atoms with Crippen molar-refractivity contribution < 1.29 is 0 Å². The highest BCUT2D eigenvalue weighted by Crippen LogP contribution is 2.15. The molecule has 0 aliphatic carbocycles. The summed E-state index contributed by atoms with van der Waals surface area (Å²) >= 11 is 1.73. The molecule has 0 unspecified atom stereocenters. The predicted molar refractivity (Wildman–Crippen MR) is 126 cm³/mol. The third-order valence-electron chi connectivity index (χ3n) is 4.63. The van der Waals surface area contributed by atoms with Crippen LogP contribution in [0.5, 0.6) is 0 Å². The van der Waals surface area contributed by atoms with E-state index >= 15 is 0 Å². The minimum absolute atomic E-state index is 0. The van der Waals surface area contributed by atoms with Crippen molar-refractivity contribution in [3.8, 4) is 0 Å². The Morgan fingerprint density at radius 1 is 1.14 bits per heavy atom. The first kappa shape index (κ1) is 22.8. The van der Waals surface area contributed by atoms with Crippen LogP contribution in [0.15, 0.2) is 23.5 Å². The molecule has 2 aromatic rings. The summed E-state index contributed by atoms with van der Waals surface area (Å²) in [5.74, 6) is 1.64. The van der Waals surface area contributed by atoms with Gasteiger partial charge in [-0.25, -0.2) is 15.0 Å². The highest BCUT2D eigenvalue weighted by atomic mass is 127. The van der Waals surface area contributed by atoms with Crippen molar-refractivity contribution in [2.24, 2.45) is 4.99 Å². The van der Waals surface area contributed by atoms with E-state index in [2.05, 4.69) is 47.3 Å². The fourth-order valence-electron chi connectivity index (χ4n) is 2.95. The van der Waals surface area contributed by atoms with Gasteiger partial charge in [0.1, 0.15) is 5.01 Å². The van der Waals surface area contributed by atoms with Gasteiger partial charge in [-0.2, -0.15) is 0 Å². The maximum Gasteiger partial charge on any atom is 0.225 e. The molecule has 0 aromatic carbocycles. The number of thiazole rings is 1. The lowest BCUT2D eigenvalue weighted by molar-refractivity contribution is 0.260. The lowest BCUT2D eigenvalue weighted by Crippen LogP contribution is -2.49. The zero-order valence-electron chi connectivity index (χ0n) is 16.7. The smallest absolute Gasteiger partial charge is 0.225 e. The Bertz CT molecular complexity index is 724. The number of halogens is 1. The largest absolute Gasteiger partial charge is 0.355 e. The molecule has 3 rings (SSSR count). The second-order valence-electron chi connectivity index (χ2n) is 6.48. The van der Waals surface area contributed by atoms with E-state index in [1.165, 1.54) is 4.88 Å². The molecule has 0 radical (unpaired) electrons. The van der Waals surface area contributed by atoms with Gasteiger partial charge >= 0.3 is 0 Å². The normalized spacial score (nSPS) is 15.2. The first-order valence-electron chi connectivity index (χ1n) is 9.27. The number of aryl methyl sites for hydroxylation is 2. The van der Waals surface area contributed by atoms with Crippen LogP contribution < -0.4 is 15.5 Å². The fraction of sp³-hybridized carbons (Fsp3) is 0.556. The Balaban J connectivity index is 0.00000280. The van der Waals surface area contributed by atoms with E-state index in [-0.39, 0.29) is 24.0 Å². The molecule has 1 aliphatic rings. The van der Waals surface area contributed by atoms with E-state index in [4.69, 9.17) is 0 Å². The molecule has 0 bridgehead atoms. The topological polar surface area (TPSA) is 81.6 Å². The van der Waals surface area contributed by atoms with Crippen LogP contribution in [-0.2, 0) is 6.54 Å². The monoisotopic (exact) mass is 516 g/mol. The summed E-state index contributed by atoms with van der Waals surface area (Å²) in [7, 11) is 1.80. The summed E-state index contributed by atoms with van der Waals surface area (Å²) in [5, 5.41) is 7.81. The Morgan fingerprint density at radius 2 is 1.86 bits per heavy atom. The van der Waals surface area contributed by atoms with Crippen LogP contribution in [0.2, 0.25) is 0 Å². The quantitative estimate of drug-likeness (QED) is 0.344. The van der Waals surface area contributed by atoms with Crippen molar-refractivity contribution >= 4 is 47.2 Å². The second kappa shape index (κ2) is 11.5. The maximum absolute atomic E-state index is 4.55. The lowest BCUT2D eigenvalue weighted by atomic mass is 10.3.